The summed E-state index contributed by atoms with van der Waals surface area (Å²) in [5.74, 6) is 0.767. The summed E-state index contributed by atoms with van der Waals surface area (Å²) >= 11 is 6.08. The SMILES string of the molecule is C=Cc1cc(Cl)ccc1Nc1ccccc1CC1CCNCC1. The van der Waals surface area contributed by atoms with Crippen LogP contribution in [0.1, 0.15) is 24.0 Å². The second-order valence-electron chi connectivity index (χ2n) is 6.12. The number of anilines is 2. The fourth-order valence-corrected chi connectivity index (χ4v) is 3.36. The summed E-state index contributed by atoms with van der Waals surface area (Å²) in [5, 5.41) is 7.73. The van der Waals surface area contributed by atoms with Crippen molar-refractivity contribution in [3.63, 3.8) is 0 Å². The smallest absolute Gasteiger partial charge is 0.0458 e. The van der Waals surface area contributed by atoms with Gasteiger partial charge in [0, 0.05) is 16.4 Å². The lowest BCUT2D eigenvalue weighted by Gasteiger charge is -2.24. The molecule has 3 heteroatoms. The van der Waals surface area contributed by atoms with Gasteiger partial charge in [-0.15, -0.1) is 0 Å². The molecule has 0 aromatic heterocycles. The zero-order valence-electron chi connectivity index (χ0n) is 13.3. The van der Waals surface area contributed by atoms with Crippen LogP contribution in [-0.4, -0.2) is 13.1 Å². The van der Waals surface area contributed by atoms with Crippen LogP contribution in [0.15, 0.2) is 49.0 Å². The van der Waals surface area contributed by atoms with E-state index in [0.29, 0.717) is 0 Å². The van der Waals surface area contributed by atoms with Crippen LogP contribution in [-0.2, 0) is 6.42 Å². The Morgan fingerprint density at radius 3 is 2.70 bits per heavy atom. The molecule has 0 atom stereocenters. The average molecular weight is 327 g/mol. The minimum absolute atomic E-state index is 0.730. The van der Waals surface area contributed by atoms with E-state index in [0.717, 1.165) is 41.7 Å². The van der Waals surface area contributed by atoms with Gasteiger partial charge in [0.2, 0.25) is 0 Å². The summed E-state index contributed by atoms with van der Waals surface area (Å²) in [6.45, 7) is 6.16. The highest BCUT2D eigenvalue weighted by Crippen LogP contribution is 2.29. The largest absolute Gasteiger partial charge is 0.355 e. The summed E-state index contributed by atoms with van der Waals surface area (Å²) in [5.41, 5.74) is 4.62. The Kier molecular flexibility index (Phi) is 5.37. The molecule has 1 heterocycles. The van der Waals surface area contributed by atoms with Crippen LogP contribution in [0.3, 0.4) is 0 Å². The number of piperidine rings is 1. The molecule has 1 fully saturated rings. The molecule has 0 saturated carbocycles. The van der Waals surface area contributed by atoms with Crippen LogP contribution < -0.4 is 10.6 Å². The lowest BCUT2D eigenvalue weighted by Crippen LogP contribution is -2.28. The van der Waals surface area contributed by atoms with Crippen molar-refractivity contribution in [1.82, 2.24) is 5.32 Å². The lowest BCUT2D eigenvalue weighted by atomic mass is 9.90. The van der Waals surface area contributed by atoms with Gasteiger partial charge in [-0.25, -0.2) is 0 Å². The summed E-state index contributed by atoms with van der Waals surface area (Å²) in [6, 6.07) is 14.4. The molecule has 0 aliphatic carbocycles. The van der Waals surface area contributed by atoms with Crippen LogP contribution in [0, 0.1) is 5.92 Å². The van der Waals surface area contributed by atoms with E-state index in [1.807, 2.05) is 24.3 Å². The van der Waals surface area contributed by atoms with E-state index in [1.54, 1.807) is 0 Å². The highest BCUT2D eigenvalue weighted by Gasteiger charge is 2.15. The number of nitrogens with one attached hydrogen (secondary N) is 2. The summed E-state index contributed by atoms with van der Waals surface area (Å²) in [4.78, 5) is 0. The van der Waals surface area contributed by atoms with E-state index >= 15 is 0 Å². The minimum Gasteiger partial charge on any atom is -0.355 e. The zero-order chi connectivity index (χ0) is 16.1. The van der Waals surface area contributed by atoms with E-state index in [1.165, 1.54) is 24.1 Å². The molecule has 0 bridgehead atoms. The zero-order valence-corrected chi connectivity index (χ0v) is 14.1. The number of hydrogen-bond acceptors (Lipinski definition) is 2. The first-order chi connectivity index (χ1) is 11.3. The molecule has 2 N–H and O–H groups in total. The molecule has 2 aromatic rings. The predicted octanol–water partition coefficient (Wildman–Crippen LogP) is 5.27. The van der Waals surface area contributed by atoms with Gasteiger partial charge in [0.05, 0.1) is 0 Å². The van der Waals surface area contributed by atoms with Crippen molar-refractivity contribution in [2.45, 2.75) is 19.3 Å². The molecule has 0 unspecified atom stereocenters. The fourth-order valence-electron chi connectivity index (χ4n) is 3.18. The first kappa shape index (κ1) is 16.1. The molecule has 120 valence electrons. The highest BCUT2D eigenvalue weighted by atomic mass is 35.5. The maximum atomic E-state index is 6.08. The third-order valence-electron chi connectivity index (χ3n) is 4.49. The molecule has 23 heavy (non-hydrogen) atoms. The van der Waals surface area contributed by atoms with Gasteiger partial charge >= 0.3 is 0 Å². The van der Waals surface area contributed by atoms with Gasteiger partial charge in [0.1, 0.15) is 0 Å². The summed E-state index contributed by atoms with van der Waals surface area (Å²) in [7, 11) is 0. The Balaban J connectivity index is 1.81. The minimum atomic E-state index is 0.730. The Labute approximate surface area is 143 Å². The van der Waals surface area contributed by atoms with Gasteiger partial charge in [-0.05, 0) is 73.7 Å². The highest BCUT2D eigenvalue weighted by molar-refractivity contribution is 6.30. The van der Waals surface area contributed by atoms with Crippen LogP contribution in [0.5, 0.6) is 0 Å². The van der Waals surface area contributed by atoms with Gasteiger partial charge in [0.25, 0.3) is 0 Å². The van der Waals surface area contributed by atoms with Gasteiger partial charge in [-0.3, -0.25) is 0 Å². The summed E-state index contributed by atoms with van der Waals surface area (Å²) in [6.07, 6.45) is 5.48. The number of hydrogen-bond donors (Lipinski definition) is 2. The van der Waals surface area contributed by atoms with Gasteiger partial charge in [-0.1, -0.05) is 42.5 Å². The van der Waals surface area contributed by atoms with E-state index in [9.17, 15) is 0 Å². The van der Waals surface area contributed by atoms with Crippen molar-refractivity contribution in [2.75, 3.05) is 18.4 Å². The maximum absolute atomic E-state index is 6.08. The van der Waals surface area contributed by atoms with E-state index in [2.05, 4.69) is 41.5 Å². The normalized spacial score (nSPS) is 15.3. The molecule has 2 nitrogen and oxygen atoms in total. The van der Waals surface area contributed by atoms with Crippen LogP contribution in [0.25, 0.3) is 6.08 Å². The molecule has 0 amide bonds. The second kappa shape index (κ2) is 7.67. The van der Waals surface area contributed by atoms with E-state index in [4.69, 9.17) is 11.6 Å². The predicted molar refractivity (Wildman–Crippen MR) is 101 cm³/mol. The van der Waals surface area contributed by atoms with Crippen molar-refractivity contribution >= 4 is 29.1 Å². The van der Waals surface area contributed by atoms with E-state index in [-0.39, 0.29) is 0 Å². The molecule has 1 aliphatic rings. The third kappa shape index (κ3) is 4.15. The molecule has 3 rings (SSSR count). The Morgan fingerprint density at radius 2 is 1.91 bits per heavy atom. The topological polar surface area (TPSA) is 24.1 Å². The van der Waals surface area contributed by atoms with Crippen LogP contribution >= 0.6 is 11.6 Å². The number of para-hydroxylation sites is 1. The Hall–Kier alpha value is -1.77. The Morgan fingerprint density at radius 1 is 1.13 bits per heavy atom. The van der Waals surface area contributed by atoms with Crippen LogP contribution in [0.4, 0.5) is 11.4 Å². The summed E-state index contributed by atoms with van der Waals surface area (Å²) < 4.78 is 0. The number of rotatable bonds is 5. The molecular weight excluding hydrogens is 304 g/mol. The lowest BCUT2D eigenvalue weighted by molar-refractivity contribution is 0.373. The molecule has 1 saturated heterocycles. The van der Waals surface area contributed by atoms with Crippen molar-refractivity contribution in [2.24, 2.45) is 5.92 Å². The van der Waals surface area contributed by atoms with Crippen molar-refractivity contribution < 1.29 is 0 Å². The van der Waals surface area contributed by atoms with Crippen molar-refractivity contribution in [3.05, 3.63) is 65.2 Å². The fraction of sp³-hybridized carbons (Fsp3) is 0.300. The Bertz CT molecular complexity index is 675. The molecule has 0 spiro atoms. The first-order valence-electron chi connectivity index (χ1n) is 8.24. The van der Waals surface area contributed by atoms with Crippen molar-refractivity contribution in [3.8, 4) is 0 Å². The third-order valence-corrected chi connectivity index (χ3v) is 4.72. The van der Waals surface area contributed by atoms with Crippen LogP contribution in [0.2, 0.25) is 5.02 Å². The first-order valence-corrected chi connectivity index (χ1v) is 8.61. The molecule has 0 radical (unpaired) electrons. The quantitative estimate of drug-likeness (QED) is 0.782. The monoisotopic (exact) mass is 326 g/mol. The second-order valence-corrected chi connectivity index (χ2v) is 6.55. The maximum Gasteiger partial charge on any atom is 0.0458 e. The molecular formula is C20H23ClN2. The molecule has 2 aromatic carbocycles. The van der Waals surface area contributed by atoms with E-state index < -0.39 is 0 Å². The molecule has 1 aliphatic heterocycles. The van der Waals surface area contributed by atoms with Gasteiger partial charge < -0.3 is 10.6 Å². The number of halogens is 1. The van der Waals surface area contributed by atoms with Crippen molar-refractivity contribution in [1.29, 1.82) is 0 Å². The van der Waals surface area contributed by atoms with Gasteiger partial charge in [-0.2, -0.15) is 0 Å². The standard InChI is InChI=1S/C20H23ClN2/c1-2-16-14-18(21)7-8-20(16)23-19-6-4-3-5-17(19)13-15-9-11-22-12-10-15/h2-8,14-15,22-23H,1,9-13H2. The van der Waals surface area contributed by atoms with Gasteiger partial charge in [0.15, 0.2) is 0 Å². The average Bonchev–Trinajstić information content (AvgIpc) is 2.59. The number of benzene rings is 2.